The first-order valence-corrected chi connectivity index (χ1v) is 9.78. The van der Waals surface area contributed by atoms with Gasteiger partial charge in [-0.25, -0.2) is 0 Å². The minimum Gasteiger partial charge on any atom is -0.351 e. The normalized spacial score (nSPS) is 15.6. The number of piperazine rings is 1. The lowest BCUT2D eigenvalue weighted by Gasteiger charge is -2.34. The number of amides is 1. The Morgan fingerprint density at radius 3 is 2.37 bits per heavy atom. The summed E-state index contributed by atoms with van der Waals surface area (Å²) in [5.41, 5.74) is 4.43. The molecule has 0 atom stereocenters. The van der Waals surface area contributed by atoms with Crippen molar-refractivity contribution in [2.45, 2.75) is 26.3 Å². The minimum atomic E-state index is 0.104. The lowest BCUT2D eigenvalue weighted by atomic mass is 10.0. The van der Waals surface area contributed by atoms with Crippen LogP contribution in [0.5, 0.6) is 0 Å². The van der Waals surface area contributed by atoms with Gasteiger partial charge in [-0.3, -0.25) is 9.69 Å². The highest BCUT2D eigenvalue weighted by molar-refractivity contribution is 5.98. The topological polar surface area (TPSA) is 39.3 Å². The Balaban J connectivity index is 1.34. The van der Waals surface area contributed by atoms with E-state index in [0.717, 1.165) is 43.6 Å². The van der Waals surface area contributed by atoms with E-state index in [1.54, 1.807) is 0 Å². The summed E-state index contributed by atoms with van der Waals surface area (Å²) in [6.07, 6.45) is 0. The molecule has 0 radical (unpaired) electrons. The van der Waals surface area contributed by atoms with Crippen molar-refractivity contribution in [3.8, 4) is 0 Å². The second-order valence-electron chi connectivity index (χ2n) is 7.73. The molecule has 27 heavy (non-hydrogen) atoms. The van der Waals surface area contributed by atoms with E-state index in [9.17, 15) is 4.79 Å². The molecule has 1 aliphatic rings. The molecule has 1 aromatic heterocycles. The van der Waals surface area contributed by atoms with E-state index < -0.39 is 0 Å². The highest BCUT2D eigenvalue weighted by atomic mass is 16.2. The van der Waals surface area contributed by atoms with Crippen molar-refractivity contribution in [2.24, 2.45) is 0 Å². The summed E-state index contributed by atoms with van der Waals surface area (Å²) < 4.78 is 0. The van der Waals surface area contributed by atoms with Crippen molar-refractivity contribution in [3.63, 3.8) is 0 Å². The molecule has 1 aliphatic heterocycles. The molecule has 1 fully saturated rings. The van der Waals surface area contributed by atoms with Crippen LogP contribution < -0.4 is 0 Å². The number of benzene rings is 2. The Bertz CT molecular complexity index is 885. The molecule has 3 aromatic rings. The molecule has 0 bridgehead atoms. The Kier molecular flexibility index (Phi) is 4.99. The predicted molar refractivity (Wildman–Crippen MR) is 110 cm³/mol. The number of aromatic nitrogens is 1. The number of nitrogens with zero attached hydrogens (tertiary/aromatic N) is 2. The van der Waals surface area contributed by atoms with Crippen LogP contribution in [-0.4, -0.2) is 46.9 Å². The fourth-order valence-corrected chi connectivity index (χ4v) is 3.73. The fraction of sp³-hybridized carbons (Fsp3) is 0.348. The van der Waals surface area contributed by atoms with Crippen molar-refractivity contribution >= 4 is 16.8 Å². The average molecular weight is 361 g/mol. The van der Waals surface area contributed by atoms with Gasteiger partial charge in [-0.15, -0.1) is 0 Å². The first-order valence-electron chi connectivity index (χ1n) is 9.78. The number of hydrogen-bond donors (Lipinski definition) is 1. The number of carbonyl (C=O) groups is 1. The van der Waals surface area contributed by atoms with Gasteiger partial charge >= 0.3 is 0 Å². The molecule has 0 spiro atoms. The van der Waals surface area contributed by atoms with Crippen LogP contribution >= 0.6 is 0 Å². The largest absolute Gasteiger partial charge is 0.351 e. The van der Waals surface area contributed by atoms with Crippen LogP contribution in [0, 0.1) is 0 Å². The summed E-state index contributed by atoms with van der Waals surface area (Å²) in [5.74, 6) is 0.672. The number of hydrogen-bond acceptors (Lipinski definition) is 2. The van der Waals surface area contributed by atoms with Gasteiger partial charge in [0.2, 0.25) is 0 Å². The lowest BCUT2D eigenvalue weighted by molar-refractivity contribution is 0.0623. The smallest absolute Gasteiger partial charge is 0.270 e. The van der Waals surface area contributed by atoms with Gasteiger partial charge in [0.25, 0.3) is 5.91 Å². The summed E-state index contributed by atoms with van der Waals surface area (Å²) in [5, 5.41) is 1.09. The summed E-state index contributed by atoms with van der Waals surface area (Å²) in [6, 6.07) is 18.9. The van der Waals surface area contributed by atoms with Crippen LogP contribution in [0.1, 0.15) is 41.4 Å². The quantitative estimate of drug-likeness (QED) is 0.755. The number of rotatable bonds is 4. The summed E-state index contributed by atoms with van der Waals surface area (Å²) in [6.45, 7) is 8.77. The molecule has 0 unspecified atom stereocenters. The van der Waals surface area contributed by atoms with Crippen LogP contribution in [0.2, 0.25) is 0 Å². The van der Waals surface area contributed by atoms with Crippen LogP contribution in [0.15, 0.2) is 54.6 Å². The first kappa shape index (κ1) is 17.8. The van der Waals surface area contributed by atoms with E-state index in [1.807, 2.05) is 35.2 Å². The van der Waals surface area contributed by atoms with Gasteiger partial charge in [0, 0.05) is 43.6 Å². The zero-order chi connectivity index (χ0) is 18.8. The van der Waals surface area contributed by atoms with Crippen molar-refractivity contribution in [1.29, 1.82) is 0 Å². The highest BCUT2D eigenvalue weighted by Crippen LogP contribution is 2.18. The van der Waals surface area contributed by atoms with Gasteiger partial charge in [0.15, 0.2) is 0 Å². The third kappa shape index (κ3) is 3.91. The van der Waals surface area contributed by atoms with Gasteiger partial charge in [0.1, 0.15) is 5.69 Å². The monoisotopic (exact) mass is 361 g/mol. The molecule has 140 valence electrons. The molecule has 4 heteroatoms. The van der Waals surface area contributed by atoms with Gasteiger partial charge in [-0.2, -0.15) is 0 Å². The van der Waals surface area contributed by atoms with Crippen LogP contribution in [0.4, 0.5) is 0 Å². The standard InChI is InChI=1S/C23H27N3O/c1-17(2)19-9-7-18(8-10-19)16-25-11-13-26(14-12-25)23(27)22-15-20-5-3-4-6-21(20)24-22/h3-10,15,17,24H,11-14,16H2,1-2H3. The van der Waals surface area contributed by atoms with E-state index in [-0.39, 0.29) is 5.91 Å². The molecule has 0 aliphatic carbocycles. The zero-order valence-electron chi connectivity index (χ0n) is 16.1. The molecule has 4 rings (SSSR count). The van der Waals surface area contributed by atoms with E-state index in [0.29, 0.717) is 11.6 Å². The van der Waals surface area contributed by atoms with Gasteiger partial charge in [-0.1, -0.05) is 56.3 Å². The molecule has 1 saturated heterocycles. The second kappa shape index (κ2) is 7.57. The second-order valence-corrected chi connectivity index (χ2v) is 7.73. The zero-order valence-corrected chi connectivity index (χ0v) is 16.1. The first-order chi connectivity index (χ1) is 13.1. The SMILES string of the molecule is CC(C)c1ccc(CN2CCN(C(=O)c3cc4ccccc4[nH]3)CC2)cc1. The van der Waals surface area contributed by atoms with Crippen molar-refractivity contribution < 1.29 is 4.79 Å². The number of H-pyrrole nitrogens is 1. The minimum absolute atomic E-state index is 0.104. The molecule has 2 aromatic carbocycles. The molecular formula is C23H27N3O. The maximum absolute atomic E-state index is 12.8. The average Bonchev–Trinajstić information content (AvgIpc) is 3.13. The van der Waals surface area contributed by atoms with E-state index in [2.05, 4.69) is 48.0 Å². The maximum Gasteiger partial charge on any atom is 0.270 e. The van der Waals surface area contributed by atoms with Crippen molar-refractivity contribution in [3.05, 3.63) is 71.4 Å². The van der Waals surface area contributed by atoms with Gasteiger partial charge in [-0.05, 0) is 29.2 Å². The molecular weight excluding hydrogens is 334 g/mol. The summed E-state index contributed by atoms with van der Waals surface area (Å²) >= 11 is 0. The highest BCUT2D eigenvalue weighted by Gasteiger charge is 2.23. The molecule has 0 saturated carbocycles. The Hall–Kier alpha value is -2.59. The number of nitrogens with one attached hydrogen (secondary N) is 1. The molecule has 1 amide bonds. The maximum atomic E-state index is 12.8. The Morgan fingerprint density at radius 1 is 1.00 bits per heavy atom. The van der Waals surface area contributed by atoms with E-state index in [1.165, 1.54) is 11.1 Å². The Morgan fingerprint density at radius 2 is 1.70 bits per heavy atom. The molecule has 2 heterocycles. The van der Waals surface area contributed by atoms with Crippen LogP contribution in [-0.2, 0) is 6.54 Å². The number of fused-ring (bicyclic) bond motifs is 1. The van der Waals surface area contributed by atoms with E-state index in [4.69, 9.17) is 0 Å². The van der Waals surface area contributed by atoms with Gasteiger partial charge < -0.3 is 9.88 Å². The number of carbonyl (C=O) groups excluding carboxylic acids is 1. The predicted octanol–water partition coefficient (Wildman–Crippen LogP) is 4.25. The third-order valence-electron chi connectivity index (χ3n) is 5.47. The fourth-order valence-electron chi connectivity index (χ4n) is 3.73. The van der Waals surface area contributed by atoms with Crippen molar-refractivity contribution in [1.82, 2.24) is 14.8 Å². The Labute approximate surface area is 160 Å². The number of aromatic amines is 1. The lowest BCUT2D eigenvalue weighted by Crippen LogP contribution is -2.48. The van der Waals surface area contributed by atoms with E-state index >= 15 is 0 Å². The molecule has 1 N–H and O–H groups in total. The van der Waals surface area contributed by atoms with Crippen LogP contribution in [0.3, 0.4) is 0 Å². The summed E-state index contributed by atoms with van der Waals surface area (Å²) in [7, 11) is 0. The molecule has 4 nitrogen and oxygen atoms in total. The summed E-state index contributed by atoms with van der Waals surface area (Å²) in [4.78, 5) is 20.5. The van der Waals surface area contributed by atoms with Crippen LogP contribution in [0.25, 0.3) is 10.9 Å². The van der Waals surface area contributed by atoms with Gasteiger partial charge in [0.05, 0.1) is 0 Å². The third-order valence-corrected chi connectivity index (χ3v) is 5.47. The number of para-hydroxylation sites is 1. The van der Waals surface area contributed by atoms with Crippen molar-refractivity contribution in [2.75, 3.05) is 26.2 Å².